The van der Waals surface area contributed by atoms with Gasteiger partial charge in [0.05, 0.1) is 0 Å². The molecule has 1 aromatic rings. The Labute approximate surface area is 118 Å². The fourth-order valence-corrected chi connectivity index (χ4v) is 1.90. The van der Waals surface area contributed by atoms with Crippen molar-refractivity contribution < 1.29 is 27.9 Å². The molecule has 1 aliphatic carbocycles. The average Bonchev–Trinajstić information content (AvgIpc) is 3.16. The zero-order valence-corrected chi connectivity index (χ0v) is 10.8. The number of rotatable bonds is 4. The van der Waals surface area contributed by atoms with Gasteiger partial charge in [0, 0.05) is 0 Å². The van der Waals surface area contributed by atoms with Gasteiger partial charge in [-0.1, -0.05) is 30.3 Å². The zero-order valence-electron chi connectivity index (χ0n) is 10.8. The van der Waals surface area contributed by atoms with E-state index in [1.54, 1.807) is 11.4 Å². The van der Waals surface area contributed by atoms with Gasteiger partial charge in [0.2, 0.25) is 0 Å². The van der Waals surface area contributed by atoms with E-state index >= 15 is 0 Å². The van der Waals surface area contributed by atoms with Gasteiger partial charge < -0.3 is 15.7 Å². The van der Waals surface area contributed by atoms with Crippen LogP contribution in [0.15, 0.2) is 30.3 Å². The van der Waals surface area contributed by atoms with E-state index in [9.17, 15) is 22.8 Å². The van der Waals surface area contributed by atoms with Crippen molar-refractivity contribution in [2.75, 3.05) is 0 Å². The highest BCUT2D eigenvalue weighted by Gasteiger charge is 2.52. The first-order chi connectivity index (χ1) is 9.74. The van der Waals surface area contributed by atoms with Crippen LogP contribution in [0.25, 0.3) is 0 Å². The predicted octanol–water partition coefficient (Wildman–Crippen LogP) is 2.21. The number of hydrogen-bond acceptors (Lipinski definition) is 2. The molecule has 0 aliphatic heterocycles. The smallest absolute Gasteiger partial charge is 0.412 e. The molecular formula is C13H13F3N2O3. The number of urea groups is 1. The molecule has 1 aliphatic rings. The molecule has 5 nitrogen and oxygen atoms in total. The fourth-order valence-electron chi connectivity index (χ4n) is 1.90. The summed E-state index contributed by atoms with van der Waals surface area (Å²) in [5.74, 6) is -1.25. The topological polar surface area (TPSA) is 78.4 Å². The fraction of sp³-hybridized carbons (Fsp3) is 0.385. The molecule has 0 bridgehead atoms. The third-order valence-corrected chi connectivity index (χ3v) is 3.25. The van der Waals surface area contributed by atoms with Gasteiger partial charge in [-0.15, -0.1) is 0 Å². The molecule has 0 spiro atoms. The molecule has 0 heterocycles. The highest BCUT2D eigenvalue weighted by atomic mass is 19.4. The van der Waals surface area contributed by atoms with Crippen LogP contribution >= 0.6 is 0 Å². The Bertz CT molecular complexity index is 541. The zero-order chi connectivity index (χ0) is 15.7. The molecule has 2 amide bonds. The third kappa shape index (κ3) is 3.45. The summed E-state index contributed by atoms with van der Waals surface area (Å²) in [5.41, 5.74) is -1.56. The van der Waals surface area contributed by atoms with Crippen LogP contribution in [0, 0.1) is 0 Å². The Kier molecular flexibility index (Phi) is 3.80. The maximum Gasteiger partial charge on any atom is 0.412 e. The Morgan fingerprint density at radius 1 is 1.19 bits per heavy atom. The Balaban J connectivity index is 2.10. The number of benzene rings is 1. The number of aliphatic carboxylic acids is 1. The minimum Gasteiger partial charge on any atom is -0.480 e. The SMILES string of the molecule is O=C(N[C@H](c1ccccc1)C(F)(F)F)NC1(C(=O)O)CC1. The van der Waals surface area contributed by atoms with Crippen LogP contribution in [0.5, 0.6) is 0 Å². The highest BCUT2D eigenvalue weighted by molar-refractivity contribution is 5.89. The van der Waals surface area contributed by atoms with Crippen LogP contribution in [-0.4, -0.2) is 28.8 Å². The van der Waals surface area contributed by atoms with Gasteiger partial charge >= 0.3 is 18.2 Å². The molecular weight excluding hydrogens is 289 g/mol. The van der Waals surface area contributed by atoms with Gasteiger partial charge in [0.1, 0.15) is 5.54 Å². The number of carboxylic acids is 1. The van der Waals surface area contributed by atoms with Gasteiger partial charge in [-0.05, 0) is 18.4 Å². The van der Waals surface area contributed by atoms with Crippen molar-refractivity contribution in [1.29, 1.82) is 0 Å². The molecule has 0 aromatic heterocycles. The van der Waals surface area contributed by atoms with E-state index in [-0.39, 0.29) is 18.4 Å². The molecule has 8 heteroatoms. The lowest BCUT2D eigenvalue weighted by Crippen LogP contribution is -2.50. The van der Waals surface area contributed by atoms with E-state index < -0.39 is 29.8 Å². The van der Waals surface area contributed by atoms with Crippen molar-refractivity contribution in [2.24, 2.45) is 0 Å². The molecule has 114 valence electrons. The summed E-state index contributed by atoms with van der Waals surface area (Å²) in [6.07, 6.45) is -4.27. The number of hydrogen-bond donors (Lipinski definition) is 3. The average molecular weight is 302 g/mol. The number of carbonyl (C=O) groups is 2. The number of halogens is 3. The molecule has 1 fully saturated rings. The highest BCUT2D eigenvalue weighted by Crippen LogP contribution is 2.36. The van der Waals surface area contributed by atoms with E-state index in [1.165, 1.54) is 24.3 Å². The number of carboxylic acid groups (broad SMARTS) is 1. The summed E-state index contributed by atoms with van der Waals surface area (Å²) in [4.78, 5) is 22.6. The van der Waals surface area contributed by atoms with Gasteiger partial charge in [-0.2, -0.15) is 13.2 Å². The summed E-state index contributed by atoms with van der Waals surface area (Å²) in [7, 11) is 0. The molecule has 2 rings (SSSR count). The molecule has 21 heavy (non-hydrogen) atoms. The van der Waals surface area contributed by atoms with Gasteiger partial charge in [-0.25, -0.2) is 9.59 Å². The monoisotopic (exact) mass is 302 g/mol. The maximum atomic E-state index is 13.0. The van der Waals surface area contributed by atoms with Crippen LogP contribution in [0.3, 0.4) is 0 Å². The first-order valence-corrected chi connectivity index (χ1v) is 6.18. The molecule has 1 saturated carbocycles. The molecule has 0 saturated heterocycles. The standard InChI is InChI=1S/C13H13F3N2O3/c14-13(15,16)9(8-4-2-1-3-5-8)17-11(21)18-12(6-7-12)10(19)20/h1-5,9H,6-7H2,(H,19,20)(H2,17,18,21)/t9-/m1/s1. The second-order valence-corrected chi connectivity index (χ2v) is 4.87. The normalized spacial score (nSPS) is 17.7. The first-order valence-electron chi connectivity index (χ1n) is 6.18. The summed E-state index contributed by atoms with van der Waals surface area (Å²) < 4.78 is 39.0. The summed E-state index contributed by atoms with van der Waals surface area (Å²) in [6, 6.07) is 3.54. The number of amides is 2. The first kappa shape index (κ1) is 15.1. The largest absolute Gasteiger partial charge is 0.480 e. The molecule has 1 atom stereocenters. The Morgan fingerprint density at radius 2 is 1.76 bits per heavy atom. The molecule has 0 radical (unpaired) electrons. The van der Waals surface area contributed by atoms with E-state index in [2.05, 4.69) is 5.32 Å². The summed E-state index contributed by atoms with van der Waals surface area (Å²) in [5, 5.41) is 12.8. The quantitative estimate of drug-likeness (QED) is 0.798. The second-order valence-electron chi connectivity index (χ2n) is 4.87. The minimum absolute atomic E-state index is 0.125. The van der Waals surface area contributed by atoms with Crippen LogP contribution in [-0.2, 0) is 4.79 Å². The van der Waals surface area contributed by atoms with Gasteiger partial charge in [0.15, 0.2) is 6.04 Å². The lowest BCUT2D eigenvalue weighted by molar-refractivity contribution is -0.155. The predicted molar refractivity (Wildman–Crippen MR) is 66.5 cm³/mol. The maximum absolute atomic E-state index is 13.0. The lowest BCUT2D eigenvalue weighted by Gasteiger charge is -2.23. The van der Waals surface area contributed by atoms with E-state index in [4.69, 9.17) is 5.11 Å². The number of alkyl halides is 3. The Morgan fingerprint density at radius 3 is 2.19 bits per heavy atom. The van der Waals surface area contributed by atoms with Crippen molar-refractivity contribution in [3.63, 3.8) is 0 Å². The Hall–Kier alpha value is -2.25. The van der Waals surface area contributed by atoms with Crippen LogP contribution < -0.4 is 10.6 Å². The van der Waals surface area contributed by atoms with Crippen molar-refractivity contribution in [2.45, 2.75) is 30.6 Å². The lowest BCUT2D eigenvalue weighted by atomic mass is 10.1. The van der Waals surface area contributed by atoms with Crippen LogP contribution in [0.2, 0.25) is 0 Å². The minimum atomic E-state index is -4.68. The van der Waals surface area contributed by atoms with E-state index in [1.807, 2.05) is 0 Å². The summed E-state index contributed by atoms with van der Waals surface area (Å²) in [6.45, 7) is 0. The molecule has 1 aromatic carbocycles. The van der Waals surface area contributed by atoms with E-state index in [0.717, 1.165) is 0 Å². The van der Waals surface area contributed by atoms with Crippen molar-refractivity contribution in [3.8, 4) is 0 Å². The second kappa shape index (κ2) is 5.27. The molecule has 0 unspecified atom stereocenters. The van der Waals surface area contributed by atoms with Crippen molar-refractivity contribution in [1.82, 2.24) is 10.6 Å². The molecule has 3 N–H and O–H groups in total. The number of carbonyl (C=O) groups excluding carboxylic acids is 1. The van der Waals surface area contributed by atoms with Crippen LogP contribution in [0.1, 0.15) is 24.4 Å². The van der Waals surface area contributed by atoms with Gasteiger partial charge in [0.25, 0.3) is 0 Å². The summed E-state index contributed by atoms with van der Waals surface area (Å²) >= 11 is 0. The van der Waals surface area contributed by atoms with E-state index in [0.29, 0.717) is 0 Å². The van der Waals surface area contributed by atoms with Crippen LogP contribution in [0.4, 0.5) is 18.0 Å². The number of nitrogens with one attached hydrogen (secondary N) is 2. The van der Waals surface area contributed by atoms with Crippen molar-refractivity contribution >= 4 is 12.0 Å². The van der Waals surface area contributed by atoms with Crippen molar-refractivity contribution in [3.05, 3.63) is 35.9 Å². The third-order valence-electron chi connectivity index (χ3n) is 3.25. The van der Waals surface area contributed by atoms with Gasteiger partial charge in [-0.3, -0.25) is 0 Å².